The lowest BCUT2D eigenvalue weighted by Crippen LogP contribution is -2.23. The fourth-order valence-corrected chi connectivity index (χ4v) is 0.506. The van der Waals surface area contributed by atoms with E-state index in [1.54, 1.807) is 14.1 Å². The van der Waals surface area contributed by atoms with Crippen LogP contribution in [-0.4, -0.2) is 37.5 Å². The number of rotatable bonds is 3. The highest BCUT2D eigenvalue weighted by Gasteiger charge is 2.03. The highest BCUT2D eigenvalue weighted by Crippen LogP contribution is 1.88. The number of carbonyl (C=O) groups excluding carboxylic acids is 2. The van der Waals surface area contributed by atoms with E-state index < -0.39 is 0 Å². The first-order valence-electron chi connectivity index (χ1n) is 3.37. The summed E-state index contributed by atoms with van der Waals surface area (Å²) in [5.41, 5.74) is 0. The predicted octanol–water partition coefficient (Wildman–Crippen LogP) is 0.0278. The number of carbonyl (C=O) groups is 2. The van der Waals surface area contributed by atoms with Gasteiger partial charge in [-0.3, -0.25) is 9.59 Å². The molecule has 4 heteroatoms. The van der Waals surface area contributed by atoms with Gasteiger partial charge in [-0.15, -0.1) is 0 Å². The molecule has 0 unspecified atom stereocenters. The second kappa shape index (κ2) is 4.71. The minimum absolute atomic E-state index is 0.0359. The Labute approximate surface area is 66.1 Å². The first-order valence-corrected chi connectivity index (χ1v) is 3.37. The molecule has 4 nitrogen and oxygen atoms in total. The van der Waals surface area contributed by atoms with Gasteiger partial charge < -0.3 is 9.64 Å². The minimum Gasteiger partial charge on any atom is -0.465 e. The van der Waals surface area contributed by atoms with Crippen molar-refractivity contribution in [3.63, 3.8) is 0 Å². The molecule has 64 valence electrons. The van der Waals surface area contributed by atoms with Crippen LogP contribution in [0.3, 0.4) is 0 Å². The van der Waals surface area contributed by atoms with E-state index in [1.807, 2.05) is 0 Å². The summed E-state index contributed by atoms with van der Waals surface area (Å²) in [7, 11) is 3.33. The van der Waals surface area contributed by atoms with Gasteiger partial charge in [0.05, 0.1) is 6.42 Å². The highest BCUT2D eigenvalue weighted by molar-refractivity contribution is 5.76. The van der Waals surface area contributed by atoms with Crippen molar-refractivity contribution in [3.8, 4) is 0 Å². The van der Waals surface area contributed by atoms with E-state index in [0.29, 0.717) is 0 Å². The lowest BCUT2D eigenvalue weighted by atomic mass is 10.4. The predicted molar refractivity (Wildman–Crippen MR) is 39.9 cm³/mol. The number of ether oxygens (including phenoxy) is 1. The highest BCUT2D eigenvalue weighted by atomic mass is 16.5. The Hall–Kier alpha value is -1.06. The van der Waals surface area contributed by atoms with Crippen molar-refractivity contribution in [2.24, 2.45) is 0 Å². The van der Waals surface area contributed by atoms with E-state index in [9.17, 15) is 9.59 Å². The van der Waals surface area contributed by atoms with Crippen LogP contribution in [0.2, 0.25) is 0 Å². The molecular weight excluding hydrogens is 146 g/mol. The van der Waals surface area contributed by atoms with Crippen molar-refractivity contribution in [1.29, 1.82) is 0 Å². The molecule has 1 amide bonds. The van der Waals surface area contributed by atoms with E-state index in [0.717, 1.165) is 0 Å². The maximum Gasteiger partial charge on any atom is 0.302 e. The van der Waals surface area contributed by atoms with E-state index in [1.165, 1.54) is 11.8 Å². The molecule has 0 aromatic heterocycles. The third-order valence-electron chi connectivity index (χ3n) is 1.12. The van der Waals surface area contributed by atoms with Gasteiger partial charge in [0.25, 0.3) is 0 Å². The quantitative estimate of drug-likeness (QED) is 0.546. The van der Waals surface area contributed by atoms with Gasteiger partial charge in [0, 0.05) is 21.0 Å². The van der Waals surface area contributed by atoms with Gasteiger partial charge in [-0.2, -0.15) is 0 Å². The van der Waals surface area contributed by atoms with Gasteiger partial charge in [0.15, 0.2) is 0 Å². The van der Waals surface area contributed by atoms with E-state index in [2.05, 4.69) is 4.74 Å². The lowest BCUT2D eigenvalue weighted by Gasteiger charge is -2.09. The van der Waals surface area contributed by atoms with Crippen molar-refractivity contribution in [2.45, 2.75) is 13.3 Å². The van der Waals surface area contributed by atoms with E-state index >= 15 is 0 Å². The molecule has 0 saturated heterocycles. The van der Waals surface area contributed by atoms with Gasteiger partial charge in [-0.25, -0.2) is 0 Å². The molecule has 0 aliphatic carbocycles. The molecule has 0 atom stereocenters. The molecule has 0 aliphatic rings. The van der Waals surface area contributed by atoms with Crippen LogP contribution in [0, 0.1) is 0 Å². The van der Waals surface area contributed by atoms with E-state index in [4.69, 9.17) is 0 Å². The topological polar surface area (TPSA) is 46.6 Å². The van der Waals surface area contributed by atoms with Crippen molar-refractivity contribution in [3.05, 3.63) is 0 Å². The zero-order valence-corrected chi connectivity index (χ0v) is 7.09. The molecule has 11 heavy (non-hydrogen) atoms. The summed E-state index contributed by atoms with van der Waals surface area (Å²) < 4.78 is 4.58. The SMILES string of the molecule is CC(=O)OCCC(=O)N(C)C. The van der Waals surface area contributed by atoms with Crippen molar-refractivity contribution < 1.29 is 14.3 Å². The maximum atomic E-state index is 10.9. The number of nitrogens with zero attached hydrogens (tertiary/aromatic N) is 1. The van der Waals surface area contributed by atoms with Gasteiger partial charge >= 0.3 is 5.97 Å². The third-order valence-corrected chi connectivity index (χ3v) is 1.12. The summed E-state index contributed by atoms with van der Waals surface area (Å²) in [6.45, 7) is 1.49. The monoisotopic (exact) mass is 159 g/mol. The number of amides is 1. The normalized spacial score (nSPS) is 9.00. The number of hydrogen-bond acceptors (Lipinski definition) is 3. The molecule has 0 spiro atoms. The van der Waals surface area contributed by atoms with Crippen LogP contribution < -0.4 is 0 Å². The largest absolute Gasteiger partial charge is 0.465 e. The number of esters is 1. The van der Waals surface area contributed by atoms with Crippen molar-refractivity contribution >= 4 is 11.9 Å². The minimum atomic E-state index is -0.350. The Bertz CT molecular complexity index is 154. The Morgan fingerprint density at radius 2 is 1.91 bits per heavy atom. The molecule has 0 rings (SSSR count). The molecule has 0 bridgehead atoms. The van der Waals surface area contributed by atoms with Crippen LogP contribution in [-0.2, 0) is 14.3 Å². The summed E-state index contributed by atoms with van der Waals surface area (Å²) in [6.07, 6.45) is 0.257. The van der Waals surface area contributed by atoms with Crippen LogP contribution in [0.1, 0.15) is 13.3 Å². The smallest absolute Gasteiger partial charge is 0.302 e. The molecule has 0 N–H and O–H groups in total. The molecule has 0 saturated carbocycles. The first-order chi connectivity index (χ1) is 5.04. The van der Waals surface area contributed by atoms with Gasteiger partial charge in [-0.1, -0.05) is 0 Å². The lowest BCUT2D eigenvalue weighted by molar-refractivity contribution is -0.142. The third kappa shape index (κ3) is 5.39. The van der Waals surface area contributed by atoms with Gasteiger partial charge in [0.2, 0.25) is 5.91 Å². The summed E-state index contributed by atoms with van der Waals surface area (Å²) in [5.74, 6) is -0.386. The van der Waals surface area contributed by atoms with Crippen molar-refractivity contribution in [2.75, 3.05) is 20.7 Å². The summed E-state index contributed by atoms with van der Waals surface area (Å²) in [4.78, 5) is 22.6. The molecule has 0 heterocycles. The van der Waals surface area contributed by atoms with E-state index in [-0.39, 0.29) is 24.9 Å². The molecule has 0 radical (unpaired) electrons. The average molecular weight is 159 g/mol. The fourth-order valence-electron chi connectivity index (χ4n) is 0.506. The van der Waals surface area contributed by atoms with Crippen LogP contribution in [0.4, 0.5) is 0 Å². The molecular formula is C7H13NO3. The maximum absolute atomic E-state index is 10.9. The molecule has 0 aliphatic heterocycles. The Balaban J connectivity index is 3.39. The summed E-state index contributed by atoms with van der Waals surface area (Å²) >= 11 is 0. The molecule has 0 aromatic carbocycles. The number of hydrogen-bond donors (Lipinski definition) is 0. The summed E-state index contributed by atoms with van der Waals surface area (Å²) in [6, 6.07) is 0. The van der Waals surface area contributed by atoms with Crippen molar-refractivity contribution in [1.82, 2.24) is 4.90 Å². The zero-order chi connectivity index (χ0) is 8.85. The van der Waals surface area contributed by atoms with Crippen LogP contribution in [0.5, 0.6) is 0 Å². The fraction of sp³-hybridized carbons (Fsp3) is 0.714. The molecule has 0 aromatic rings. The second-order valence-electron chi connectivity index (χ2n) is 2.38. The Morgan fingerprint density at radius 1 is 1.36 bits per heavy atom. The Kier molecular flexibility index (Phi) is 4.26. The summed E-state index contributed by atoms with van der Waals surface area (Å²) in [5, 5.41) is 0. The van der Waals surface area contributed by atoms with Crippen LogP contribution in [0.25, 0.3) is 0 Å². The molecule has 0 fully saturated rings. The van der Waals surface area contributed by atoms with Crippen LogP contribution in [0.15, 0.2) is 0 Å². The Morgan fingerprint density at radius 3 is 2.27 bits per heavy atom. The van der Waals surface area contributed by atoms with Gasteiger partial charge in [-0.05, 0) is 0 Å². The zero-order valence-electron chi connectivity index (χ0n) is 7.09. The standard InChI is InChI=1S/C7H13NO3/c1-6(9)11-5-4-7(10)8(2)3/h4-5H2,1-3H3. The second-order valence-corrected chi connectivity index (χ2v) is 2.38. The first kappa shape index (κ1) is 9.94. The average Bonchev–Trinajstić information content (AvgIpc) is 1.86. The van der Waals surface area contributed by atoms with Gasteiger partial charge in [0.1, 0.15) is 6.61 Å². The van der Waals surface area contributed by atoms with Crippen LogP contribution >= 0.6 is 0 Å².